The van der Waals surface area contributed by atoms with Gasteiger partial charge < -0.3 is 19.1 Å². The highest BCUT2D eigenvalue weighted by atomic mass is 32.2. The summed E-state index contributed by atoms with van der Waals surface area (Å²) in [4.78, 5) is 14.4. The Labute approximate surface area is 160 Å². The smallest absolute Gasteiger partial charge is 0.241 e. The van der Waals surface area contributed by atoms with E-state index in [-0.39, 0.29) is 10.8 Å². The lowest BCUT2D eigenvalue weighted by Gasteiger charge is -2.26. The van der Waals surface area contributed by atoms with Crippen molar-refractivity contribution in [1.82, 2.24) is 9.62 Å². The lowest BCUT2D eigenvalue weighted by Crippen LogP contribution is -2.48. The molecule has 1 N–H and O–H groups in total. The first-order valence-electron chi connectivity index (χ1n) is 9.01. The average Bonchev–Trinajstić information content (AvgIpc) is 2.61. The molecule has 0 spiro atoms. The van der Waals surface area contributed by atoms with E-state index < -0.39 is 16.1 Å². The molecule has 1 saturated heterocycles. The molecule has 27 heavy (non-hydrogen) atoms. The van der Waals surface area contributed by atoms with Crippen LogP contribution in [0.25, 0.3) is 0 Å². The molecular weight excluding hydrogens is 372 g/mol. The van der Waals surface area contributed by atoms with Crippen molar-refractivity contribution in [2.45, 2.75) is 24.8 Å². The number of ether oxygens (including phenoxy) is 3. The maximum Gasteiger partial charge on any atom is 0.241 e. The van der Waals surface area contributed by atoms with Crippen LogP contribution in [0.1, 0.15) is 12.5 Å². The predicted octanol–water partition coefficient (Wildman–Crippen LogP) is 0.554. The maximum atomic E-state index is 12.7. The number of hydrogen-bond acceptors (Lipinski definition) is 6. The summed E-state index contributed by atoms with van der Waals surface area (Å²) in [6.07, 6.45) is 0. The largest absolute Gasteiger partial charge is 0.377 e. The van der Waals surface area contributed by atoms with Crippen molar-refractivity contribution >= 4 is 15.9 Å². The molecule has 152 valence electrons. The lowest BCUT2D eigenvalue weighted by atomic mass is 10.2. The number of rotatable bonds is 4. The van der Waals surface area contributed by atoms with Gasteiger partial charge in [0, 0.05) is 13.1 Å². The summed E-state index contributed by atoms with van der Waals surface area (Å²) >= 11 is 0. The van der Waals surface area contributed by atoms with Crippen molar-refractivity contribution in [2.75, 3.05) is 52.7 Å². The predicted molar refractivity (Wildman–Crippen MR) is 100.0 cm³/mol. The molecule has 1 aromatic carbocycles. The Morgan fingerprint density at radius 2 is 1.44 bits per heavy atom. The van der Waals surface area contributed by atoms with Crippen molar-refractivity contribution < 1.29 is 27.4 Å². The van der Waals surface area contributed by atoms with Crippen LogP contribution in [-0.4, -0.2) is 78.0 Å². The molecule has 0 saturated carbocycles. The number of nitrogens with zero attached hydrogens (tertiary/aromatic N) is 1. The number of amides is 1. The van der Waals surface area contributed by atoms with Gasteiger partial charge in [0.15, 0.2) is 0 Å². The third kappa shape index (κ3) is 7.19. The number of sulfonamides is 1. The van der Waals surface area contributed by atoms with E-state index in [9.17, 15) is 13.2 Å². The first kappa shape index (κ1) is 21.8. The van der Waals surface area contributed by atoms with Gasteiger partial charge in [0.1, 0.15) is 0 Å². The second-order valence-electron chi connectivity index (χ2n) is 6.32. The molecule has 0 aromatic heterocycles. The zero-order chi connectivity index (χ0) is 19.7. The van der Waals surface area contributed by atoms with E-state index in [0.29, 0.717) is 52.7 Å². The van der Waals surface area contributed by atoms with Crippen molar-refractivity contribution in [3.63, 3.8) is 0 Å². The maximum absolute atomic E-state index is 12.7. The van der Waals surface area contributed by atoms with Crippen molar-refractivity contribution in [2.24, 2.45) is 0 Å². The summed E-state index contributed by atoms with van der Waals surface area (Å²) in [5.41, 5.74) is 0.961. The van der Waals surface area contributed by atoms with E-state index in [0.717, 1.165) is 5.56 Å². The molecule has 0 aliphatic carbocycles. The highest BCUT2D eigenvalue weighted by molar-refractivity contribution is 7.89. The quantitative estimate of drug-likeness (QED) is 0.793. The molecule has 0 bridgehead atoms. The Morgan fingerprint density at radius 1 is 0.963 bits per heavy atom. The van der Waals surface area contributed by atoms with Gasteiger partial charge in [-0.15, -0.1) is 0 Å². The zero-order valence-corrected chi connectivity index (χ0v) is 16.7. The van der Waals surface area contributed by atoms with E-state index in [1.54, 1.807) is 24.0 Å². The summed E-state index contributed by atoms with van der Waals surface area (Å²) in [6, 6.07) is 5.59. The van der Waals surface area contributed by atoms with Crippen molar-refractivity contribution in [3.05, 3.63) is 29.8 Å². The topological polar surface area (TPSA) is 94.2 Å². The molecule has 8 nitrogen and oxygen atoms in total. The van der Waals surface area contributed by atoms with E-state index in [2.05, 4.69) is 4.72 Å². The lowest BCUT2D eigenvalue weighted by molar-refractivity contribution is -0.134. The molecule has 2 rings (SSSR count). The first-order valence-corrected chi connectivity index (χ1v) is 10.5. The molecule has 1 aliphatic rings. The fraction of sp³-hybridized carbons (Fsp3) is 0.611. The van der Waals surface area contributed by atoms with Crippen molar-refractivity contribution in [1.29, 1.82) is 0 Å². The van der Waals surface area contributed by atoms with Gasteiger partial charge in [0.2, 0.25) is 15.9 Å². The van der Waals surface area contributed by atoms with Gasteiger partial charge in [-0.1, -0.05) is 17.7 Å². The Kier molecular flexibility index (Phi) is 8.65. The number of hydrogen-bond donors (Lipinski definition) is 1. The van der Waals surface area contributed by atoms with Gasteiger partial charge in [0.25, 0.3) is 0 Å². The Hall–Kier alpha value is -1.52. The van der Waals surface area contributed by atoms with Crippen LogP contribution in [0.15, 0.2) is 29.2 Å². The van der Waals surface area contributed by atoms with Crippen LogP contribution in [0.2, 0.25) is 0 Å². The number of carbonyl (C=O) groups is 1. The second-order valence-corrected chi connectivity index (χ2v) is 8.03. The Morgan fingerprint density at radius 3 is 1.96 bits per heavy atom. The third-order valence-electron chi connectivity index (χ3n) is 4.10. The monoisotopic (exact) mass is 400 g/mol. The zero-order valence-electron chi connectivity index (χ0n) is 15.8. The van der Waals surface area contributed by atoms with Crippen molar-refractivity contribution in [3.8, 4) is 0 Å². The van der Waals surface area contributed by atoms with Crippen LogP contribution in [0.5, 0.6) is 0 Å². The molecule has 1 amide bonds. The Bertz CT molecular complexity index is 680. The molecule has 0 unspecified atom stereocenters. The molecule has 1 atom stereocenters. The summed E-state index contributed by atoms with van der Waals surface area (Å²) in [5, 5.41) is 0. The summed E-state index contributed by atoms with van der Waals surface area (Å²) in [5.74, 6) is -0.314. The van der Waals surface area contributed by atoms with Gasteiger partial charge >= 0.3 is 0 Å². The highest BCUT2D eigenvalue weighted by Gasteiger charge is 2.25. The van der Waals surface area contributed by atoms with Crippen LogP contribution in [0.4, 0.5) is 0 Å². The minimum Gasteiger partial charge on any atom is -0.377 e. The fourth-order valence-electron chi connectivity index (χ4n) is 2.57. The minimum absolute atomic E-state index is 0.133. The first-order chi connectivity index (χ1) is 12.9. The van der Waals surface area contributed by atoms with Gasteiger partial charge in [-0.05, 0) is 26.0 Å². The van der Waals surface area contributed by atoms with Crippen LogP contribution < -0.4 is 4.72 Å². The highest BCUT2D eigenvalue weighted by Crippen LogP contribution is 2.11. The number of aryl methyl sites for hydroxylation is 1. The van der Waals surface area contributed by atoms with Crippen LogP contribution in [0.3, 0.4) is 0 Å². The van der Waals surface area contributed by atoms with E-state index in [1.807, 2.05) is 6.92 Å². The number of nitrogens with one attached hydrogen (secondary N) is 1. The summed E-state index contributed by atoms with van der Waals surface area (Å²) in [6.45, 7) is 6.68. The summed E-state index contributed by atoms with van der Waals surface area (Å²) in [7, 11) is -3.78. The SMILES string of the molecule is Cc1ccc(S(=O)(=O)N[C@@H](C)C(=O)N2CCOCCOCCOCC2)cc1. The number of carbonyl (C=O) groups excluding carboxylic acids is 1. The van der Waals surface area contributed by atoms with Gasteiger partial charge in [-0.25, -0.2) is 8.42 Å². The van der Waals surface area contributed by atoms with E-state index >= 15 is 0 Å². The molecule has 1 heterocycles. The average molecular weight is 400 g/mol. The normalized spacial score (nSPS) is 19.0. The van der Waals surface area contributed by atoms with Gasteiger partial charge in [-0.3, -0.25) is 4.79 Å². The van der Waals surface area contributed by atoms with E-state index in [1.165, 1.54) is 12.1 Å². The molecule has 1 fully saturated rings. The molecule has 1 aromatic rings. The van der Waals surface area contributed by atoms with E-state index in [4.69, 9.17) is 14.2 Å². The standard InChI is InChI=1S/C18H28N2O6S/c1-15-3-5-17(6-4-15)27(22,23)19-16(2)18(21)20-7-9-24-11-13-26-14-12-25-10-8-20/h3-6,16,19H,7-14H2,1-2H3/t16-/m0/s1. The Balaban J connectivity index is 1.98. The van der Waals surface area contributed by atoms with Crippen LogP contribution in [-0.2, 0) is 29.0 Å². The second kappa shape index (κ2) is 10.7. The van der Waals surface area contributed by atoms with Crippen LogP contribution >= 0.6 is 0 Å². The van der Waals surface area contributed by atoms with Gasteiger partial charge in [-0.2, -0.15) is 4.72 Å². The third-order valence-corrected chi connectivity index (χ3v) is 5.66. The summed E-state index contributed by atoms with van der Waals surface area (Å²) < 4.78 is 43.7. The fourth-order valence-corrected chi connectivity index (χ4v) is 3.76. The molecular formula is C18H28N2O6S. The number of benzene rings is 1. The van der Waals surface area contributed by atoms with Crippen LogP contribution in [0, 0.1) is 6.92 Å². The molecule has 1 aliphatic heterocycles. The molecule has 0 radical (unpaired) electrons. The molecule has 9 heteroatoms. The minimum atomic E-state index is -3.78. The van der Waals surface area contributed by atoms with Gasteiger partial charge in [0.05, 0.1) is 50.6 Å².